The van der Waals surface area contributed by atoms with Gasteiger partial charge in [-0.05, 0) is 29.2 Å². The van der Waals surface area contributed by atoms with E-state index >= 15 is 0 Å². The monoisotopic (exact) mass is 413 g/mol. The molecule has 0 aliphatic carbocycles. The number of methoxy groups -OCH3 is 2. The number of ether oxygens (including phenoxy) is 2. The van der Waals surface area contributed by atoms with Gasteiger partial charge in [0.05, 0.1) is 22.3 Å². The normalized spacial score (nSPS) is 19.6. The standard InChI is InChI=1S/C22H27NO5Si/c1-27-20(24)13-16-10-11-23-22(26)17-9-7-6-8-15(17)12-19(29(3,4)5)18(16)14-21(25)28-2/h6-9,12-14H,10-11H2,1-5H3,(H,23,26)/b16-13?,18-14-,19-12+. The molecule has 0 saturated carbocycles. The lowest BCUT2D eigenvalue weighted by molar-refractivity contribution is -0.135. The number of carbonyl (C=O) groups is 3. The lowest BCUT2D eigenvalue weighted by Gasteiger charge is -2.27. The van der Waals surface area contributed by atoms with Gasteiger partial charge in [-0.25, -0.2) is 9.59 Å². The van der Waals surface area contributed by atoms with E-state index in [1.54, 1.807) is 6.07 Å². The van der Waals surface area contributed by atoms with Crippen LogP contribution in [0.5, 0.6) is 0 Å². The van der Waals surface area contributed by atoms with Gasteiger partial charge in [-0.2, -0.15) is 0 Å². The molecule has 0 atom stereocenters. The Morgan fingerprint density at radius 1 is 1.03 bits per heavy atom. The third-order valence-electron chi connectivity index (χ3n) is 4.59. The zero-order valence-corrected chi connectivity index (χ0v) is 18.5. The van der Waals surface area contributed by atoms with E-state index in [-0.39, 0.29) is 5.91 Å². The maximum Gasteiger partial charge on any atom is 0.331 e. The van der Waals surface area contributed by atoms with Crippen molar-refractivity contribution in [1.82, 2.24) is 5.32 Å². The van der Waals surface area contributed by atoms with Crippen molar-refractivity contribution in [3.8, 4) is 0 Å². The van der Waals surface area contributed by atoms with Crippen LogP contribution in [-0.4, -0.2) is 46.7 Å². The van der Waals surface area contributed by atoms with Gasteiger partial charge in [0.1, 0.15) is 0 Å². The summed E-state index contributed by atoms with van der Waals surface area (Å²) >= 11 is 0. The summed E-state index contributed by atoms with van der Waals surface area (Å²) in [6, 6.07) is 7.33. The molecule has 1 aliphatic rings. The minimum atomic E-state index is -2.03. The van der Waals surface area contributed by atoms with E-state index in [9.17, 15) is 14.4 Å². The topological polar surface area (TPSA) is 81.7 Å². The van der Waals surface area contributed by atoms with Gasteiger partial charge in [0, 0.05) is 24.3 Å². The van der Waals surface area contributed by atoms with Crippen molar-refractivity contribution < 1.29 is 23.9 Å². The lowest BCUT2D eigenvalue weighted by Crippen LogP contribution is -2.30. The summed E-state index contributed by atoms with van der Waals surface area (Å²) in [6.07, 6.45) is 5.12. The summed E-state index contributed by atoms with van der Waals surface area (Å²) in [7, 11) is 0.593. The largest absolute Gasteiger partial charge is 0.466 e. The molecule has 0 bridgehead atoms. The molecular formula is C22H27NO5Si. The van der Waals surface area contributed by atoms with Gasteiger partial charge in [-0.3, -0.25) is 4.79 Å². The second kappa shape index (κ2) is 9.51. The highest BCUT2D eigenvalue weighted by molar-refractivity contribution is 6.84. The van der Waals surface area contributed by atoms with Crippen LogP contribution in [0.3, 0.4) is 0 Å². The summed E-state index contributed by atoms with van der Waals surface area (Å²) in [5.74, 6) is -1.20. The van der Waals surface area contributed by atoms with Crippen LogP contribution in [0.2, 0.25) is 19.6 Å². The first-order chi connectivity index (χ1) is 13.7. The molecule has 7 heteroatoms. The third-order valence-corrected chi connectivity index (χ3v) is 6.62. The predicted octanol–water partition coefficient (Wildman–Crippen LogP) is 3.28. The quantitative estimate of drug-likeness (QED) is 0.467. The Hall–Kier alpha value is -2.93. The molecule has 0 spiro atoms. The van der Waals surface area contributed by atoms with Crippen LogP contribution in [0.1, 0.15) is 22.3 Å². The number of amides is 1. The molecule has 29 heavy (non-hydrogen) atoms. The minimum absolute atomic E-state index is 0.176. The second-order valence-electron chi connectivity index (χ2n) is 7.68. The maximum absolute atomic E-state index is 12.6. The highest BCUT2D eigenvalue weighted by atomic mass is 28.3. The maximum atomic E-state index is 12.6. The number of rotatable bonds is 3. The van der Waals surface area contributed by atoms with E-state index in [4.69, 9.17) is 9.47 Å². The van der Waals surface area contributed by atoms with E-state index in [0.717, 1.165) is 10.8 Å². The fraction of sp³-hybridized carbons (Fsp3) is 0.318. The van der Waals surface area contributed by atoms with Gasteiger partial charge < -0.3 is 14.8 Å². The van der Waals surface area contributed by atoms with Crippen LogP contribution in [-0.2, 0) is 19.1 Å². The first-order valence-electron chi connectivity index (χ1n) is 9.35. The van der Waals surface area contributed by atoms with Crippen LogP contribution >= 0.6 is 0 Å². The number of esters is 2. The molecule has 1 heterocycles. The summed E-state index contributed by atoms with van der Waals surface area (Å²) < 4.78 is 9.67. The molecule has 2 rings (SSSR count). The second-order valence-corrected chi connectivity index (χ2v) is 12.7. The first-order valence-corrected chi connectivity index (χ1v) is 12.9. The van der Waals surface area contributed by atoms with Crippen molar-refractivity contribution in [1.29, 1.82) is 0 Å². The number of allylic oxidation sites excluding steroid dienone is 2. The van der Waals surface area contributed by atoms with Gasteiger partial charge >= 0.3 is 11.9 Å². The van der Waals surface area contributed by atoms with E-state index in [2.05, 4.69) is 25.0 Å². The number of hydrogen-bond acceptors (Lipinski definition) is 5. The van der Waals surface area contributed by atoms with Crippen LogP contribution in [0.25, 0.3) is 6.08 Å². The third kappa shape index (κ3) is 5.77. The van der Waals surface area contributed by atoms with Crippen molar-refractivity contribution in [3.63, 3.8) is 0 Å². The number of nitrogens with one attached hydrogen (secondary N) is 1. The SMILES string of the molecule is COC(=O)C=C1CCNC(=O)c2ccccc2/C=C([Si](C)(C)C)\C1=C/C(=O)OC. The molecule has 0 aromatic heterocycles. The molecule has 0 unspecified atom stereocenters. The molecule has 154 valence electrons. The van der Waals surface area contributed by atoms with Gasteiger partial charge in [-0.1, -0.05) is 49.1 Å². The fourth-order valence-corrected chi connectivity index (χ4v) is 4.72. The van der Waals surface area contributed by atoms with Gasteiger partial charge in [0.15, 0.2) is 0 Å². The smallest absolute Gasteiger partial charge is 0.331 e. The molecule has 1 aromatic carbocycles. The lowest BCUT2D eigenvalue weighted by atomic mass is 9.97. The molecule has 1 aliphatic heterocycles. The molecule has 1 amide bonds. The van der Waals surface area contributed by atoms with Crippen LogP contribution in [0.15, 0.2) is 52.8 Å². The number of benzene rings is 1. The van der Waals surface area contributed by atoms with E-state index in [1.807, 2.05) is 24.3 Å². The Kier molecular flexibility index (Phi) is 7.33. The van der Waals surface area contributed by atoms with Gasteiger partial charge in [-0.15, -0.1) is 0 Å². The van der Waals surface area contributed by atoms with Gasteiger partial charge in [0.2, 0.25) is 0 Å². The number of fused-ring (bicyclic) bond motifs is 1. The van der Waals surface area contributed by atoms with Crippen LogP contribution in [0, 0.1) is 0 Å². The predicted molar refractivity (Wildman–Crippen MR) is 115 cm³/mol. The average Bonchev–Trinajstić information content (AvgIpc) is 2.68. The van der Waals surface area contributed by atoms with Crippen molar-refractivity contribution in [2.75, 3.05) is 20.8 Å². The summed E-state index contributed by atoms with van der Waals surface area (Å²) in [6.45, 7) is 6.75. The van der Waals surface area contributed by atoms with E-state index in [1.165, 1.54) is 26.4 Å². The summed E-state index contributed by atoms with van der Waals surface area (Å²) in [5, 5.41) is 3.82. The van der Waals surface area contributed by atoms with E-state index in [0.29, 0.717) is 29.7 Å². The number of carbonyl (C=O) groups excluding carboxylic acids is 3. The van der Waals surface area contributed by atoms with Crippen molar-refractivity contribution >= 4 is 32.0 Å². The zero-order chi connectivity index (χ0) is 21.6. The number of hydrogen-bond donors (Lipinski definition) is 1. The molecule has 0 radical (unpaired) electrons. The molecular weight excluding hydrogens is 386 g/mol. The molecule has 0 saturated heterocycles. The highest BCUT2D eigenvalue weighted by Gasteiger charge is 2.28. The zero-order valence-electron chi connectivity index (χ0n) is 17.5. The Labute approximate surface area is 172 Å². The average molecular weight is 414 g/mol. The van der Waals surface area contributed by atoms with Crippen molar-refractivity contribution in [2.45, 2.75) is 26.1 Å². The molecule has 0 fully saturated rings. The van der Waals surface area contributed by atoms with E-state index < -0.39 is 20.0 Å². The van der Waals surface area contributed by atoms with Crippen LogP contribution in [0.4, 0.5) is 0 Å². The fourth-order valence-electron chi connectivity index (χ4n) is 3.10. The summed E-state index contributed by atoms with van der Waals surface area (Å²) in [5.41, 5.74) is 2.60. The Balaban J connectivity index is 2.85. The first kappa shape index (κ1) is 22.4. The molecule has 1 aromatic rings. The highest BCUT2D eigenvalue weighted by Crippen LogP contribution is 2.33. The van der Waals surface area contributed by atoms with Crippen molar-refractivity contribution in [2.24, 2.45) is 0 Å². The van der Waals surface area contributed by atoms with Gasteiger partial charge in [0.25, 0.3) is 5.91 Å². The molecule has 6 nitrogen and oxygen atoms in total. The van der Waals surface area contributed by atoms with Crippen LogP contribution < -0.4 is 5.32 Å². The molecule has 1 N–H and O–H groups in total. The van der Waals surface area contributed by atoms with Crippen molar-refractivity contribution in [3.05, 3.63) is 63.9 Å². The Morgan fingerprint density at radius 3 is 2.28 bits per heavy atom. The minimum Gasteiger partial charge on any atom is -0.466 e. The Morgan fingerprint density at radius 2 is 1.66 bits per heavy atom. The summed E-state index contributed by atoms with van der Waals surface area (Å²) in [4.78, 5) is 36.8. The Bertz CT molecular complexity index is 906.